The van der Waals surface area contributed by atoms with E-state index in [4.69, 9.17) is 0 Å². The second-order valence-electron chi connectivity index (χ2n) is 8.19. The zero-order chi connectivity index (χ0) is 20.4. The number of hydrogen-bond acceptors (Lipinski definition) is 3. The van der Waals surface area contributed by atoms with E-state index in [9.17, 15) is 9.59 Å². The van der Waals surface area contributed by atoms with Gasteiger partial charge in [0.05, 0.1) is 11.3 Å². The van der Waals surface area contributed by atoms with E-state index in [1.54, 1.807) is 0 Å². The van der Waals surface area contributed by atoms with Gasteiger partial charge in [-0.1, -0.05) is 26.0 Å². The number of aromatic nitrogens is 1. The average Bonchev–Trinajstić information content (AvgIpc) is 2.96. The molecule has 1 amide bonds. The van der Waals surface area contributed by atoms with Crippen LogP contribution < -0.4 is 5.32 Å². The maximum atomic E-state index is 13.2. The SMILES string of the molecule is CC(=O)c1[nH]c(C)c(C(=O)N2CCC[C@@H](Nc3ccc(C(C)C)cc3)C2)c1C. The van der Waals surface area contributed by atoms with E-state index in [1.807, 2.05) is 18.7 Å². The summed E-state index contributed by atoms with van der Waals surface area (Å²) in [5, 5.41) is 3.58. The van der Waals surface area contributed by atoms with Crippen molar-refractivity contribution in [3.63, 3.8) is 0 Å². The van der Waals surface area contributed by atoms with Crippen LogP contribution in [0.4, 0.5) is 5.69 Å². The molecule has 1 aromatic carbocycles. The minimum absolute atomic E-state index is 0.0143. The minimum atomic E-state index is -0.0392. The van der Waals surface area contributed by atoms with Crippen LogP contribution in [0.3, 0.4) is 0 Å². The minimum Gasteiger partial charge on any atom is -0.381 e. The zero-order valence-electron chi connectivity index (χ0n) is 17.6. The van der Waals surface area contributed by atoms with Crippen molar-refractivity contribution >= 4 is 17.4 Å². The van der Waals surface area contributed by atoms with Gasteiger partial charge in [0.2, 0.25) is 0 Å². The smallest absolute Gasteiger partial charge is 0.256 e. The van der Waals surface area contributed by atoms with Gasteiger partial charge >= 0.3 is 0 Å². The number of Topliss-reactive ketones (excluding diaryl/α,β-unsaturated/α-hetero) is 1. The molecule has 2 aromatic rings. The van der Waals surface area contributed by atoms with Crippen LogP contribution in [-0.2, 0) is 0 Å². The molecule has 3 rings (SSSR count). The number of aromatic amines is 1. The number of carbonyl (C=O) groups excluding carboxylic acids is 2. The van der Waals surface area contributed by atoms with Gasteiger partial charge in [-0.15, -0.1) is 0 Å². The van der Waals surface area contributed by atoms with Gasteiger partial charge in [0.1, 0.15) is 0 Å². The molecule has 28 heavy (non-hydrogen) atoms. The van der Waals surface area contributed by atoms with Gasteiger partial charge in [0, 0.05) is 37.4 Å². The standard InChI is InChI=1S/C23H31N3O2/c1-14(2)18-8-10-19(11-9-18)25-20-7-6-12-26(13-20)23(28)21-15(3)22(17(5)27)24-16(21)4/h8-11,14,20,24-25H,6-7,12-13H2,1-5H3/t20-/m1/s1. The van der Waals surface area contributed by atoms with Gasteiger partial charge in [-0.2, -0.15) is 0 Å². The van der Waals surface area contributed by atoms with Gasteiger partial charge < -0.3 is 15.2 Å². The Morgan fingerprint density at radius 3 is 2.43 bits per heavy atom. The van der Waals surface area contributed by atoms with Crippen molar-refractivity contribution in [3.8, 4) is 0 Å². The van der Waals surface area contributed by atoms with Crippen LogP contribution in [0, 0.1) is 13.8 Å². The fraction of sp³-hybridized carbons (Fsp3) is 0.478. The summed E-state index contributed by atoms with van der Waals surface area (Å²) in [5.74, 6) is 0.493. The summed E-state index contributed by atoms with van der Waals surface area (Å²) in [5.41, 5.74) is 5.13. The number of hydrogen-bond donors (Lipinski definition) is 2. The van der Waals surface area contributed by atoms with Crippen LogP contribution in [0.1, 0.15) is 77.2 Å². The second kappa shape index (κ2) is 8.21. The lowest BCUT2D eigenvalue weighted by Gasteiger charge is -2.34. The van der Waals surface area contributed by atoms with E-state index >= 15 is 0 Å². The monoisotopic (exact) mass is 381 g/mol. The Balaban J connectivity index is 1.71. The fourth-order valence-electron chi connectivity index (χ4n) is 4.06. The molecule has 0 aliphatic carbocycles. The third-order valence-electron chi connectivity index (χ3n) is 5.66. The highest BCUT2D eigenvalue weighted by Gasteiger charge is 2.28. The molecule has 1 atom stereocenters. The van der Waals surface area contributed by atoms with Crippen molar-refractivity contribution in [3.05, 3.63) is 52.3 Å². The van der Waals surface area contributed by atoms with Gasteiger partial charge in [-0.3, -0.25) is 9.59 Å². The lowest BCUT2D eigenvalue weighted by Crippen LogP contribution is -2.45. The first-order valence-corrected chi connectivity index (χ1v) is 10.1. The molecule has 1 fully saturated rings. The molecule has 1 aromatic heterocycles. The number of amides is 1. The molecular weight excluding hydrogens is 350 g/mol. The fourth-order valence-corrected chi connectivity index (χ4v) is 4.06. The number of nitrogens with one attached hydrogen (secondary N) is 2. The Hall–Kier alpha value is -2.56. The molecule has 0 saturated carbocycles. The highest BCUT2D eigenvalue weighted by molar-refractivity contribution is 6.02. The van der Waals surface area contributed by atoms with Crippen molar-refractivity contribution in [1.29, 1.82) is 0 Å². The van der Waals surface area contributed by atoms with Crippen LogP contribution in [0.5, 0.6) is 0 Å². The lowest BCUT2D eigenvalue weighted by atomic mass is 10.0. The number of nitrogens with zero attached hydrogens (tertiary/aromatic N) is 1. The van der Waals surface area contributed by atoms with Crippen molar-refractivity contribution in [2.24, 2.45) is 0 Å². The summed E-state index contributed by atoms with van der Waals surface area (Å²) in [6.07, 6.45) is 2.01. The number of anilines is 1. The van der Waals surface area contributed by atoms with E-state index in [0.29, 0.717) is 23.7 Å². The van der Waals surface area contributed by atoms with Crippen LogP contribution in [-0.4, -0.2) is 40.7 Å². The highest BCUT2D eigenvalue weighted by atomic mass is 16.2. The summed E-state index contributed by atoms with van der Waals surface area (Å²) in [6, 6.07) is 8.79. The van der Waals surface area contributed by atoms with Gasteiger partial charge in [-0.25, -0.2) is 0 Å². The molecule has 0 unspecified atom stereocenters. The number of H-pyrrole nitrogens is 1. The molecule has 150 valence electrons. The maximum absolute atomic E-state index is 13.2. The third-order valence-corrected chi connectivity index (χ3v) is 5.66. The first-order valence-electron chi connectivity index (χ1n) is 10.1. The Kier molecular flexibility index (Phi) is 5.92. The highest BCUT2D eigenvalue weighted by Crippen LogP contribution is 2.24. The maximum Gasteiger partial charge on any atom is 0.256 e. The molecule has 1 aliphatic rings. The van der Waals surface area contributed by atoms with Crippen molar-refractivity contribution < 1.29 is 9.59 Å². The summed E-state index contributed by atoms with van der Waals surface area (Å²) in [7, 11) is 0. The largest absolute Gasteiger partial charge is 0.381 e. The normalized spacial score (nSPS) is 17.1. The van der Waals surface area contributed by atoms with Gasteiger partial charge in [-0.05, 0) is 55.9 Å². The Bertz CT molecular complexity index is 865. The van der Waals surface area contributed by atoms with E-state index in [2.05, 4.69) is 48.4 Å². The number of piperidine rings is 1. The molecule has 0 spiro atoms. The van der Waals surface area contributed by atoms with Crippen LogP contribution in [0.25, 0.3) is 0 Å². The summed E-state index contributed by atoms with van der Waals surface area (Å²) in [6.45, 7) is 11.0. The van der Waals surface area contributed by atoms with Crippen molar-refractivity contribution in [2.45, 2.75) is 59.4 Å². The van der Waals surface area contributed by atoms with Crippen LogP contribution in [0.15, 0.2) is 24.3 Å². The molecule has 0 bridgehead atoms. The topological polar surface area (TPSA) is 65.2 Å². The molecule has 5 nitrogen and oxygen atoms in total. The van der Waals surface area contributed by atoms with Crippen LogP contribution >= 0.6 is 0 Å². The predicted molar refractivity (Wildman–Crippen MR) is 113 cm³/mol. The van der Waals surface area contributed by atoms with Gasteiger partial charge in [0.15, 0.2) is 5.78 Å². The van der Waals surface area contributed by atoms with E-state index in [0.717, 1.165) is 36.3 Å². The van der Waals surface area contributed by atoms with Crippen molar-refractivity contribution in [1.82, 2.24) is 9.88 Å². The average molecular weight is 382 g/mol. The Morgan fingerprint density at radius 1 is 1.18 bits per heavy atom. The number of ketones is 1. The summed E-state index contributed by atoms with van der Waals surface area (Å²) in [4.78, 5) is 29.9. The molecular formula is C23H31N3O2. The summed E-state index contributed by atoms with van der Waals surface area (Å²) < 4.78 is 0. The van der Waals surface area contributed by atoms with Crippen molar-refractivity contribution in [2.75, 3.05) is 18.4 Å². The number of likely N-dealkylation sites (tertiary alicyclic amines) is 1. The van der Waals surface area contributed by atoms with Crippen LogP contribution in [0.2, 0.25) is 0 Å². The molecule has 1 aliphatic heterocycles. The Morgan fingerprint density at radius 2 is 1.86 bits per heavy atom. The molecule has 5 heteroatoms. The van der Waals surface area contributed by atoms with E-state index < -0.39 is 0 Å². The predicted octanol–water partition coefficient (Wildman–Crippen LogP) is 4.67. The Labute approximate surface area is 167 Å². The lowest BCUT2D eigenvalue weighted by molar-refractivity contribution is 0.0713. The molecule has 0 radical (unpaired) electrons. The first kappa shape index (κ1) is 20.2. The zero-order valence-corrected chi connectivity index (χ0v) is 17.6. The molecule has 2 heterocycles. The number of benzene rings is 1. The third kappa shape index (κ3) is 4.13. The summed E-state index contributed by atoms with van der Waals surface area (Å²) >= 11 is 0. The quantitative estimate of drug-likeness (QED) is 0.740. The number of aryl methyl sites for hydroxylation is 1. The molecule has 1 saturated heterocycles. The number of carbonyl (C=O) groups is 2. The number of rotatable bonds is 5. The van der Waals surface area contributed by atoms with Gasteiger partial charge in [0.25, 0.3) is 5.91 Å². The van der Waals surface area contributed by atoms with E-state index in [-0.39, 0.29) is 17.7 Å². The van der Waals surface area contributed by atoms with E-state index in [1.165, 1.54) is 12.5 Å². The molecule has 2 N–H and O–H groups in total. The second-order valence-corrected chi connectivity index (χ2v) is 8.19. The first-order chi connectivity index (χ1) is 13.3.